The number of hydrogen-bond acceptors (Lipinski definition) is 5. The number of halogens is 1. The number of aryl methyl sites for hydroxylation is 1. The zero-order valence-corrected chi connectivity index (χ0v) is 25.6. The third-order valence-electron chi connectivity index (χ3n) is 9.93. The molecule has 3 aliphatic carbocycles. The Bertz CT molecular complexity index is 2100. The lowest BCUT2D eigenvalue weighted by Crippen LogP contribution is -2.47. The van der Waals surface area contributed by atoms with Crippen LogP contribution < -0.4 is 0 Å². The Morgan fingerprint density at radius 1 is 0.977 bits per heavy atom. The van der Waals surface area contributed by atoms with Gasteiger partial charge in [-0.3, -0.25) is 4.79 Å². The van der Waals surface area contributed by atoms with Crippen molar-refractivity contribution in [1.29, 1.82) is 5.26 Å². The van der Waals surface area contributed by atoms with Gasteiger partial charge in [0.05, 0.1) is 21.5 Å². The van der Waals surface area contributed by atoms with Gasteiger partial charge >= 0.3 is 5.97 Å². The molecule has 2 bridgehead atoms. The molecule has 8 rings (SSSR count). The van der Waals surface area contributed by atoms with E-state index in [1.54, 1.807) is 35.7 Å². The molecule has 5 aromatic rings. The van der Waals surface area contributed by atoms with E-state index in [4.69, 9.17) is 0 Å². The van der Waals surface area contributed by atoms with Gasteiger partial charge in [-0.1, -0.05) is 35.9 Å². The minimum Gasteiger partial charge on any atom is -0.481 e. The first-order valence-corrected chi connectivity index (χ1v) is 16.9. The molecule has 2 heterocycles. The zero-order valence-electron chi connectivity index (χ0n) is 24.0. The lowest BCUT2D eigenvalue weighted by Gasteiger charge is -2.51. The first kappa shape index (κ1) is 28.5. The Morgan fingerprint density at radius 3 is 2.34 bits per heavy atom. The van der Waals surface area contributed by atoms with Gasteiger partial charge in [-0.05, 0) is 104 Å². The summed E-state index contributed by atoms with van der Waals surface area (Å²) in [4.78, 5) is 12.6. The molecular formula is C35H29FN2O4S2. The lowest BCUT2D eigenvalue weighted by atomic mass is 9.52. The normalized spacial score (nSPS) is 21.4. The van der Waals surface area contributed by atoms with Crippen molar-refractivity contribution in [1.82, 2.24) is 3.97 Å². The van der Waals surface area contributed by atoms with Gasteiger partial charge in [-0.2, -0.15) is 5.26 Å². The van der Waals surface area contributed by atoms with Crippen molar-refractivity contribution in [3.63, 3.8) is 0 Å². The molecule has 0 amide bonds. The number of carbonyl (C=O) groups is 1. The first-order chi connectivity index (χ1) is 21.1. The predicted molar refractivity (Wildman–Crippen MR) is 169 cm³/mol. The van der Waals surface area contributed by atoms with Crippen molar-refractivity contribution in [2.75, 3.05) is 0 Å². The number of aromatic nitrogens is 1. The van der Waals surface area contributed by atoms with E-state index in [-0.39, 0.29) is 10.3 Å². The number of thiophene rings is 1. The van der Waals surface area contributed by atoms with Crippen LogP contribution in [0.5, 0.6) is 0 Å². The van der Waals surface area contributed by atoms with Crippen molar-refractivity contribution < 1.29 is 22.7 Å². The van der Waals surface area contributed by atoms with E-state index in [1.807, 2.05) is 25.1 Å². The molecule has 3 aliphatic rings. The molecule has 6 nitrogen and oxygen atoms in total. The Hall–Kier alpha value is -4.26. The summed E-state index contributed by atoms with van der Waals surface area (Å²) in [6.45, 7) is 1.88. The summed E-state index contributed by atoms with van der Waals surface area (Å²) >= 11 is 1.25. The molecule has 3 saturated carbocycles. The summed E-state index contributed by atoms with van der Waals surface area (Å²) in [5.74, 6) is -1.23. The Morgan fingerprint density at radius 2 is 1.68 bits per heavy atom. The van der Waals surface area contributed by atoms with Crippen molar-refractivity contribution in [3.8, 4) is 28.5 Å². The number of rotatable bonds is 6. The van der Waals surface area contributed by atoms with Crippen LogP contribution in [-0.4, -0.2) is 23.5 Å². The maximum atomic E-state index is 14.9. The standard InChI is InChI=1S/C35H29FN2O4S2/c1-22-5-8-26(9-6-22)44(41,42)38-29-10-7-25(36)20-28(29)31(27-11-18-43-30(27)21-37)32(38)23-3-2-4-24(19-23)34-12-15-35(16-13-34,17-14-34)33(39)40/h2-11,18-20H,12-17H2,1H3,(H,39,40). The van der Waals surface area contributed by atoms with Gasteiger partial charge in [0.1, 0.15) is 16.8 Å². The Labute approximate surface area is 259 Å². The molecule has 0 radical (unpaired) electrons. The van der Waals surface area contributed by atoms with E-state index < -0.39 is 27.2 Å². The minimum absolute atomic E-state index is 0.0993. The molecule has 3 aromatic carbocycles. The fourth-order valence-electron chi connectivity index (χ4n) is 7.36. The largest absolute Gasteiger partial charge is 0.481 e. The number of aliphatic carboxylic acids is 1. The highest BCUT2D eigenvalue weighted by Gasteiger charge is 2.53. The fraction of sp³-hybridized carbons (Fsp3) is 0.257. The summed E-state index contributed by atoms with van der Waals surface area (Å²) in [6.07, 6.45) is 4.07. The van der Waals surface area contributed by atoms with Crippen LogP contribution in [0.15, 0.2) is 83.1 Å². The van der Waals surface area contributed by atoms with Gasteiger partial charge in [0.2, 0.25) is 0 Å². The van der Waals surface area contributed by atoms with Crippen molar-refractivity contribution in [2.24, 2.45) is 5.41 Å². The summed E-state index contributed by atoms with van der Waals surface area (Å²) in [5.41, 5.74) is 3.45. The molecule has 2 aromatic heterocycles. The van der Waals surface area contributed by atoms with Crippen LogP contribution in [-0.2, 0) is 20.2 Å². The zero-order chi connectivity index (χ0) is 30.9. The van der Waals surface area contributed by atoms with Crippen LogP contribution in [0.4, 0.5) is 4.39 Å². The summed E-state index contributed by atoms with van der Waals surface area (Å²) < 4.78 is 45.3. The van der Waals surface area contributed by atoms with Crippen LogP contribution in [0.25, 0.3) is 33.3 Å². The quantitative estimate of drug-likeness (QED) is 0.205. The molecule has 9 heteroatoms. The van der Waals surface area contributed by atoms with Crippen LogP contribution in [0, 0.1) is 29.5 Å². The van der Waals surface area contributed by atoms with Gasteiger partial charge < -0.3 is 5.11 Å². The molecule has 1 N–H and O–H groups in total. The van der Waals surface area contributed by atoms with Crippen molar-refractivity contribution in [3.05, 3.63) is 100.0 Å². The van der Waals surface area contributed by atoms with Gasteiger partial charge in [-0.15, -0.1) is 11.3 Å². The number of hydrogen-bond donors (Lipinski definition) is 1. The summed E-state index contributed by atoms with van der Waals surface area (Å²) in [6, 6.07) is 22.6. The number of benzene rings is 3. The number of nitrogens with zero attached hydrogens (tertiary/aromatic N) is 2. The number of carboxylic acid groups (broad SMARTS) is 1. The van der Waals surface area contributed by atoms with E-state index in [0.717, 1.165) is 30.4 Å². The Kier molecular flexibility index (Phi) is 6.57. The van der Waals surface area contributed by atoms with Gasteiger partial charge in [0.25, 0.3) is 10.0 Å². The van der Waals surface area contributed by atoms with E-state index in [2.05, 4.69) is 12.1 Å². The van der Waals surface area contributed by atoms with Crippen LogP contribution in [0.3, 0.4) is 0 Å². The minimum atomic E-state index is -4.18. The maximum Gasteiger partial charge on any atom is 0.309 e. The molecule has 0 unspecified atom stereocenters. The average Bonchev–Trinajstić information content (AvgIpc) is 3.64. The molecular weight excluding hydrogens is 596 g/mol. The SMILES string of the molecule is Cc1ccc(S(=O)(=O)n2c(-c3cccc(C45CCC(C(=O)O)(CC4)CC5)c3)c(-c3ccsc3C#N)c3cc(F)ccc32)cc1. The highest BCUT2D eigenvalue weighted by molar-refractivity contribution is 7.90. The second-order valence-corrected chi connectivity index (χ2v) is 14.9. The summed E-state index contributed by atoms with van der Waals surface area (Å²) in [7, 11) is -4.18. The lowest BCUT2D eigenvalue weighted by molar-refractivity contribution is -0.156. The first-order valence-electron chi connectivity index (χ1n) is 14.6. The highest BCUT2D eigenvalue weighted by Crippen LogP contribution is 2.58. The molecule has 3 fully saturated rings. The number of carboxylic acids is 1. The number of nitriles is 1. The predicted octanol–water partition coefficient (Wildman–Crippen LogP) is 8.27. The molecule has 44 heavy (non-hydrogen) atoms. The third-order valence-corrected chi connectivity index (χ3v) is 12.5. The molecule has 0 spiro atoms. The van der Waals surface area contributed by atoms with Gasteiger partial charge in [0.15, 0.2) is 0 Å². The van der Waals surface area contributed by atoms with E-state index in [9.17, 15) is 28.0 Å². The van der Waals surface area contributed by atoms with Gasteiger partial charge in [-0.25, -0.2) is 16.8 Å². The number of fused-ring (bicyclic) bond motifs is 4. The molecule has 0 atom stereocenters. The molecule has 0 saturated heterocycles. The average molecular weight is 625 g/mol. The topological polar surface area (TPSA) is 100 Å². The second-order valence-electron chi connectivity index (χ2n) is 12.2. The third kappa shape index (κ3) is 4.23. The van der Waals surface area contributed by atoms with Crippen molar-refractivity contribution >= 4 is 38.2 Å². The van der Waals surface area contributed by atoms with E-state index in [0.29, 0.717) is 57.4 Å². The van der Waals surface area contributed by atoms with E-state index >= 15 is 0 Å². The van der Waals surface area contributed by atoms with Crippen LogP contribution in [0.2, 0.25) is 0 Å². The van der Waals surface area contributed by atoms with Crippen molar-refractivity contribution in [2.45, 2.75) is 55.8 Å². The smallest absolute Gasteiger partial charge is 0.309 e. The van der Waals surface area contributed by atoms with Crippen LogP contribution >= 0.6 is 11.3 Å². The van der Waals surface area contributed by atoms with Gasteiger partial charge in [0, 0.05) is 22.1 Å². The monoisotopic (exact) mass is 624 g/mol. The maximum absolute atomic E-state index is 14.9. The molecule has 222 valence electrons. The second kappa shape index (κ2) is 10.1. The summed E-state index contributed by atoms with van der Waals surface area (Å²) in [5, 5.41) is 22.1. The fourth-order valence-corrected chi connectivity index (χ4v) is 9.60. The highest BCUT2D eigenvalue weighted by atomic mass is 32.2. The van der Waals surface area contributed by atoms with Crippen LogP contribution in [0.1, 0.15) is 54.5 Å². The molecule has 0 aliphatic heterocycles. The Balaban J connectivity index is 1.51. The van der Waals surface area contributed by atoms with E-state index in [1.165, 1.54) is 33.5 Å².